The van der Waals surface area contributed by atoms with Crippen LogP contribution in [0.2, 0.25) is 0 Å². The molecule has 0 fully saturated rings. The molecule has 9 nitrogen and oxygen atoms in total. The van der Waals surface area contributed by atoms with Crippen molar-refractivity contribution in [1.29, 1.82) is 0 Å². The number of thioether (sulfide) groups is 1. The van der Waals surface area contributed by atoms with Crippen LogP contribution in [0.1, 0.15) is 43.6 Å². The van der Waals surface area contributed by atoms with Crippen molar-refractivity contribution in [2.24, 2.45) is 0 Å². The molecule has 0 radical (unpaired) electrons. The topological polar surface area (TPSA) is 104 Å². The summed E-state index contributed by atoms with van der Waals surface area (Å²) in [4.78, 5) is 12.6. The maximum absolute atomic E-state index is 12.6. The zero-order valence-corrected chi connectivity index (χ0v) is 21.5. The second-order valence-corrected chi connectivity index (χ2v) is 9.84. The first-order chi connectivity index (χ1) is 16.9. The van der Waals surface area contributed by atoms with Gasteiger partial charge in [-0.2, -0.15) is 0 Å². The van der Waals surface area contributed by atoms with Gasteiger partial charge >= 0.3 is 0 Å². The van der Waals surface area contributed by atoms with Crippen molar-refractivity contribution in [3.05, 3.63) is 65.4 Å². The summed E-state index contributed by atoms with van der Waals surface area (Å²) >= 11 is 2.67. The molecule has 2 aromatic heterocycles. The first kappa shape index (κ1) is 24.7. The van der Waals surface area contributed by atoms with Gasteiger partial charge < -0.3 is 9.47 Å². The number of carbonyl (C=O) groups excluding carboxylic acids is 1. The van der Waals surface area contributed by atoms with Gasteiger partial charge in [0.25, 0.3) is 0 Å². The molecule has 11 heteroatoms. The Kier molecular flexibility index (Phi) is 7.98. The molecule has 4 aromatic rings. The molecule has 4 rings (SSSR count). The average molecular weight is 511 g/mol. The van der Waals surface area contributed by atoms with Crippen LogP contribution in [-0.4, -0.2) is 43.7 Å². The number of anilines is 1. The van der Waals surface area contributed by atoms with Crippen molar-refractivity contribution in [2.45, 2.75) is 37.9 Å². The molecular formula is C24H26N6O3S2. The summed E-state index contributed by atoms with van der Waals surface area (Å²) < 4.78 is 13.2. The number of nitrogens with one attached hydrogen (secondary N) is 1. The molecule has 2 aromatic carbocycles. The Morgan fingerprint density at radius 3 is 2.37 bits per heavy atom. The molecule has 0 aliphatic carbocycles. The van der Waals surface area contributed by atoms with Gasteiger partial charge in [0.2, 0.25) is 11.0 Å². The largest absolute Gasteiger partial charge is 0.497 e. The molecule has 0 aliphatic heterocycles. The van der Waals surface area contributed by atoms with Gasteiger partial charge in [-0.1, -0.05) is 55.1 Å². The Hall–Kier alpha value is -3.44. The second-order valence-electron chi connectivity index (χ2n) is 7.88. The number of rotatable bonds is 10. The number of hydrogen-bond donors (Lipinski definition) is 1. The molecular weight excluding hydrogens is 484 g/mol. The van der Waals surface area contributed by atoms with E-state index in [0.717, 1.165) is 16.4 Å². The van der Waals surface area contributed by atoms with Crippen LogP contribution in [0.3, 0.4) is 0 Å². The highest BCUT2D eigenvalue weighted by Crippen LogP contribution is 2.29. The van der Waals surface area contributed by atoms with Crippen molar-refractivity contribution < 1.29 is 14.3 Å². The Morgan fingerprint density at radius 2 is 1.71 bits per heavy atom. The average Bonchev–Trinajstić information content (AvgIpc) is 3.51. The SMILES string of the molecule is COc1ccc(OC(C)c2nnc(SCC(=O)Nc3nnc(C(C)C)s3)n2-c2ccccc2)cc1. The number of ether oxygens (including phenoxy) is 2. The van der Waals surface area contributed by atoms with Gasteiger partial charge in [-0.15, -0.1) is 20.4 Å². The van der Waals surface area contributed by atoms with Crippen LogP contribution >= 0.6 is 23.1 Å². The zero-order chi connectivity index (χ0) is 24.8. The molecule has 1 amide bonds. The van der Waals surface area contributed by atoms with Gasteiger partial charge in [0.1, 0.15) is 16.5 Å². The van der Waals surface area contributed by atoms with E-state index in [-0.39, 0.29) is 17.6 Å². The van der Waals surface area contributed by atoms with Crippen LogP contribution in [0, 0.1) is 0 Å². The van der Waals surface area contributed by atoms with E-state index in [1.807, 2.05) is 79.9 Å². The molecule has 1 N–H and O–H groups in total. The van der Waals surface area contributed by atoms with Gasteiger partial charge in [0.15, 0.2) is 17.1 Å². The molecule has 0 saturated heterocycles. The third-order valence-electron chi connectivity index (χ3n) is 4.92. The molecule has 182 valence electrons. The minimum absolute atomic E-state index is 0.148. The van der Waals surface area contributed by atoms with E-state index < -0.39 is 6.10 Å². The number of methoxy groups -OCH3 is 1. The van der Waals surface area contributed by atoms with Crippen LogP contribution in [0.4, 0.5) is 5.13 Å². The van der Waals surface area contributed by atoms with Gasteiger partial charge in [-0.3, -0.25) is 14.7 Å². The van der Waals surface area contributed by atoms with Crippen molar-refractivity contribution in [2.75, 3.05) is 18.2 Å². The minimum atomic E-state index is -0.393. The normalized spacial score (nSPS) is 11.9. The first-order valence-electron chi connectivity index (χ1n) is 11.0. The second kappa shape index (κ2) is 11.3. The number of benzene rings is 2. The van der Waals surface area contributed by atoms with Gasteiger partial charge in [0.05, 0.1) is 12.9 Å². The van der Waals surface area contributed by atoms with Crippen molar-refractivity contribution in [3.63, 3.8) is 0 Å². The minimum Gasteiger partial charge on any atom is -0.497 e. The smallest absolute Gasteiger partial charge is 0.236 e. The lowest BCUT2D eigenvalue weighted by Gasteiger charge is -2.17. The Balaban J connectivity index is 1.50. The highest BCUT2D eigenvalue weighted by molar-refractivity contribution is 7.99. The van der Waals surface area contributed by atoms with Crippen molar-refractivity contribution in [3.8, 4) is 17.2 Å². The van der Waals surface area contributed by atoms with Crippen LogP contribution in [0.5, 0.6) is 11.5 Å². The van der Waals surface area contributed by atoms with E-state index in [1.165, 1.54) is 23.1 Å². The fourth-order valence-corrected chi connectivity index (χ4v) is 4.69. The van der Waals surface area contributed by atoms with Crippen molar-refractivity contribution >= 4 is 34.1 Å². The number of hydrogen-bond acceptors (Lipinski definition) is 9. The van der Waals surface area contributed by atoms with E-state index in [0.29, 0.717) is 21.9 Å². The zero-order valence-electron chi connectivity index (χ0n) is 19.8. The number of amides is 1. The summed E-state index contributed by atoms with van der Waals surface area (Å²) in [5.74, 6) is 2.29. The highest BCUT2D eigenvalue weighted by Gasteiger charge is 2.22. The molecule has 0 aliphatic rings. The van der Waals surface area contributed by atoms with E-state index in [9.17, 15) is 4.79 Å². The van der Waals surface area contributed by atoms with E-state index >= 15 is 0 Å². The maximum Gasteiger partial charge on any atom is 0.236 e. The molecule has 1 unspecified atom stereocenters. The lowest BCUT2D eigenvalue weighted by atomic mass is 10.2. The molecule has 1 atom stereocenters. The Morgan fingerprint density at radius 1 is 1.00 bits per heavy atom. The van der Waals surface area contributed by atoms with Crippen LogP contribution < -0.4 is 14.8 Å². The van der Waals surface area contributed by atoms with E-state index in [4.69, 9.17) is 9.47 Å². The highest BCUT2D eigenvalue weighted by atomic mass is 32.2. The van der Waals surface area contributed by atoms with Crippen LogP contribution in [0.15, 0.2) is 59.8 Å². The summed E-state index contributed by atoms with van der Waals surface area (Å²) in [5, 5.41) is 21.7. The number of aromatic nitrogens is 5. The summed E-state index contributed by atoms with van der Waals surface area (Å²) in [5.41, 5.74) is 0.881. The van der Waals surface area contributed by atoms with Gasteiger partial charge in [-0.25, -0.2) is 0 Å². The molecule has 0 bridgehead atoms. The van der Waals surface area contributed by atoms with Crippen LogP contribution in [0.25, 0.3) is 5.69 Å². The Bertz CT molecular complexity index is 1260. The summed E-state index contributed by atoms with van der Waals surface area (Å²) in [7, 11) is 1.62. The number of nitrogens with zero attached hydrogens (tertiary/aromatic N) is 5. The maximum atomic E-state index is 12.6. The third-order valence-corrected chi connectivity index (χ3v) is 6.99. The standard InChI is InChI=1S/C24H26N6O3S2/c1-15(2)22-27-28-23(35-22)25-20(31)14-34-24-29-26-21(30(24)17-8-6-5-7-9-17)16(3)33-19-12-10-18(32-4)11-13-19/h5-13,15-16H,14H2,1-4H3,(H,25,28,31). The first-order valence-corrected chi connectivity index (χ1v) is 12.8. The lowest BCUT2D eigenvalue weighted by Crippen LogP contribution is -2.15. The predicted octanol–water partition coefficient (Wildman–Crippen LogP) is 5.12. The number of carbonyl (C=O) groups is 1. The quantitative estimate of drug-likeness (QED) is 0.293. The number of para-hydroxylation sites is 1. The molecule has 0 spiro atoms. The predicted molar refractivity (Wildman–Crippen MR) is 137 cm³/mol. The molecule has 2 heterocycles. The van der Waals surface area contributed by atoms with Gasteiger partial charge in [-0.05, 0) is 43.3 Å². The van der Waals surface area contributed by atoms with Gasteiger partial charge in [0, 0.05) is 11.6 Å². The van der Waals surface area contributed by atoms with E-state index in [2.05, 4.69) is 25.7 Å². The summed E-state index contributed by atoms with van der Waals surface area (Å²) in [6, 6.07) is 17.1. The third kappa shape index (κ3) is 6.17. The Labute approximate surface area is 211 Å². The summed E-state index contributed by atoms with van der Waals surface area (Å²) in [6.07, 6.45) is -0.393. The summed E-state index contributed by atoms with van der Waals surface area (Å²) in [6.45, 7) is 5.99. The molecule has 0 saturated carbocycles. The fourth-order valence-electron chi connectivity index (χ4n) is 3.17. The van der Waals surface area contributed by atoms with Crippen molar-refractivity contribution in [1.82, 2.24) is 25.0 Å². The fraction of sp³-hybridized carbons (Fsp3) is 0.292. The lowest BCUT2D eigenvalue weighted by molar-refractivity contribution is -0.113. The van der Waals surface area contributed by atoms with Crippen LogP contribution in [-0.2, 0) is 4.79 Å². The van der Waals surface area contributed by atoms with E-state index in [1.54, 1.807) is 7.11 Å². The monoisotopic (exact) mass is 510 g/mol. The molecule has 35 heavy (non-hydrogen) atoms.